The predicted octanol–water partition coefficient (Wildman–Crippen LogP) is 3.50. The first-order valence-electron chi connectivity index (χ1n) is 7.63. The molecule has 3 aromatic rings. The fraction of sp³-hybridized carbons (Fsp3) is 0.263. The number of nitrogens with one attached hydrogen (secondary N) is 1. The van der Waals surface area contributed by atoms with Crippen molar-refractivity contribution in [3.05, 3.63) is 71.4 Å². The number of aromatic amines is 1. The molecule has 2 heterocycles. The Morgan fingerprint density at radius 3 is 2.86 bits per heavy atom. The number of H-pyrrole nitrogens is 1. The maximum Gasteiger partial charge on any atom is 0.131 e. The zero-order chi connectivity index (χ0) is 15.2. The van der Waals surface area contributed by atoms with Crippen LogP contribution >= 0.6 is 0 Å². The van der Waals surface area contributed by atoms with E-state index in [4.69, 9.17) is 4.74 Å². The van der Waals surface area contributed by atoms with E-state index in [2.05, 4.69) is 65.5 Å². The number of fused-ring (bicyclic) bond motifs is 2. The third-order valence-corrected chi connectivity index (χ3v) is 4.76. The van der Waals surface area contributed by atoms with Gasteiger partial charge in [-0.15, -0.1) is 0 Å². The highest BCUT2D eigenvalue weighted by atomic mass is 16.5. The van der Waals surface area contributed by atoms with Gasteiger partial charge in [-0.25, -0.2) is 0 Å². The summed E-state index contributed by atoms with van der Waals surface area (Å²) in [6.45, 7) is 1.82. The summed E-state index contributed by atoms with van der Waals surface area (Å²) in [6.07, 6.45) is 1.98. The Bertz CT molecular complexity index is 823. The van der Waals surface area contributed by atoms with E-state index in [0.717, 1.165) is 18.6 Å². The van der Waals surface area contributed by atoms with Crippen molar-refractivity contribution < 1.29 is 4.74 Å². The predicted molar refractivity (Wildman–Crippen MR) is 88.9 cm³/mol. The highest BCUT2D eigenvalue weighted by Gasteiger charge is 2.40. The van der Waals surface area contributed by atoms with Crippen LogP contribution in [0.1, 0.15) is 16.7 Å². The number of hydrogen-bond donors (Lipinski definition) is 1. The van der Waals surface area contributed by atoms with Gasteiger partial charge in [0.05, 0.1) is 0 Å². The van der Waals surface area contributed by atoms with Crippen molar-refractivity contribution in [3.63, 3.8) is 0 Å². The van der Waals surface area contributed by atoms with Crippen molar-refractivity contribution in [2.24, 2.45) is 0 Å². The van der Waals surface area contributed by atoms with E-state index in [1.165, 1.54) is 22.1 Å². The van der Waals surface area contributed by atoms with Crippen LogP contribution in [0.25, 0.3) is 10.9 Å². The van der Waals surface area contributed by atoms with Gasteiger partial charge in [-0.05, 0) is 41.3 Å². The summed E-state index contributed by atoms with van der Waals surface area (Å²) in [5, 5.41) is 1.23. The number of nitrogens with zero attached hydrogens (tertiary/aromatic N) is 1. The van der Waals surface area contributed by atoms with E-state index in [1.54, 1.807) is 0 Å². The number of benzene rings is 2. The van der Waals surface area contributed by atoms with Crippen molar-refractivity contribution in [2.45, 2.75) is 12.1 Å². The van der Waals surface area contributed by atoms with Crippen LogP contribution in [-0.2, 0) is 16.9 Å². The van der Waals surface area contributed by atoms with Crippen LogP contribution in [0.5, 0.6) is 0 Å². The first-order chi connectivity index (χ1) is 10.7. The highest BCUT2D eigenvalue weighted by molar-refractivity contribution is 5.80. The summed E-state index contributed by atoms with van der Waals surface area (Å²) < 4.78 is 6.13. The Kier molecular flexibility index (Phi) is 3.06. The maximum atomic E-state index is 6.13. The average Bonchev–Trinajstić information content (AvgIpc) is 3.01. The lowest BCUT2D eigenvalue weighted by molar-refractivity contribution is -0.0153. The molecule has 0 aliphatic carbocycles. The number of hydrogen-bond acceptors (Lipinski definition) is 2. The fourth-order valence-electron chi connectivity index (χ4n) is 3.70. The Morgan fingerprint density at radius 1 is 1.14 bits per heavy atom. The lowest BCUT2D eigenvalue weighted by Crippen LogP contribution is -2.46. The fourth-order valence-corrected chi connectivity index (χ4v) is 3.70. The smallest absolute Gasteiger partial charge is 0.131 e. The van der Waals surface area contributed by atoms with Crippen LogP contribution in [0, 0.1) is 0 Å². The molecule has 0 bridgehead atoms. The molecule has 0 spiro atoms. The van der Waals surface area contributed by atoms with Gasteiger partial charge in [0.1, 0.15) is 5.60 Å². The van der Waals surface area contributed by atoms with Gasteiger partial charge in [0.15, 0.2) is 0 Å². The number of ether oxygens (including phenoxy) is 1. The summed E-state index contributed by atoms with van der Waals surface area (Å²) in [4.78, 5) is 5.63. The third-order valence-electron chi connectivity index (χ3n) is 4.76. The van der Waals surface area contributed by atoms with Gasteiger partial charge < -0.3 is 9.72 Å². The summed E-state index contributed by atoms with van der Waals surface area (Å²) in [6, 6.07) is 17.3. The summed E-state index contributed by atoms with van der Waals surface area (Å²) in [5.74, 6) is 0. The number of methoxy groups -OCH3 is 1. The van der Waals surface area contributed by atoms with Gasteiger partial charge in [0.2, 0.25) is 0 Å². The minimum atomic E-state index is -0.414. The standard InChI is InChI=1S/C19H20N2O/c1-21-12-15-5-3-4-6-17(15)19(13-21,22-2)16-8-7-14-9-10-20-18(14)11-16/h3-11,20H,12-13H2,1-2H3. The molecule has 1 aromatic heterocycles. The van der Waals surface area contributed by atoms with Gasteiger partial charge in [-0.2, -0.15) is 0 Å². The van der Waals surface area contributed by atoms with E-state index in [0.29, 0.717) is 0 Å². The van der Waals surface area contributed by atoms with E-state index in [1.807, 2.05) is 13.3 Å². The molecule has 2 aromatic carbocycles. The first-order valence-corrected chi connectivity index (χ1v) is 7.63. The number of rotatable bonds is 2. The molecule has 1 aliphatic rings. The molecule has 4 rings (SSSR count). The van der Waals surface area contributed by atoms with E-state index in [9.17, 15) is 0 Å². The average molecular weight is 292 g/mol. The summed E-state index contributed by atoms with van der Waals surface area (Å²) >= 11 is 0. The number of likely N-dealkylation sites (N-methyl/N-ethyl adjacent to an activating group) is 1. The minimum Gasteiger partial charge on any atom is -0.367 e. The third kappa shape index (κ3) is 1.90. The molecule has 1 atom stereocenters. The Morgan fingerprint density at radius 2 is 2.00 bits per heavy atom. The maximum absolute atomic E-state index is 6.13. The Hall–Kier alpha value is -2.10. The summed E-state index contributed by atoms with van der Waals surface area (Å²) in [7, 11) is 3.96. The SMILES string of the molecule is COC1(c2ccc3cc[nH]c3c2)CN(C)Cc2ccccc21. The van der Waals surface area contributed by atoms with Gasteiger partial charge in [0, 0.05) is 31.9 Å². The topological polar surface area (TPSA) is 28.3 Å². The van der Waals surface area contributed by atoms with Crippen LogP contribution in [-0.4, -0.2) is 30.6 Å². The molecular formula is C19H20N2O. The lowest BCUT2D eigenvalue weighted by atomic mass is 9.80. The highest BCUT2D eigenvalue weighted by Crippen LogP contribution is 2.40. The largest absolute Gasteiger partial charge is 0.367 e. The van der Waals surface area contributed by atoms with Crippen LogP contribution < -0.4 is 0 Å². The molecule has 0 saturated carbocycles. The zero-order valence-corrected chi connectivity index (χ0v) is 13.0. The molecule has 3 nitrogen and oxygen atoms in total. The Labute approximate surface area is 130 Å². The first kappa shape index (κ1) is 13.6. The van der Waals surface area contributed by atoms with E-state index < -0.39 is 5.60 Å². The second-order valence-corrected chi connectivity index (χ2v) is 6.14. The Balaban J connectivity index is 1.95. The second-order valence-electron chi connectivity index (χ2n) is 6.14. The molecular weight excluding hydrogens is 272 g/mol. The molecule has 1 aliphatic heterocycles. The van der Waals surface area contributed by atoms with Crippen molar-refractivity contribution in [1.29, 1.82) is 0 Å². The lowest BCUT2D eigenvalue weighted by Gasteiger charge is -2.42. The number of aromatic nitrogens is 1. The molecule has 1 unspecified atom stereocenters. The molecule has 0 saturated heterocycles. The van der Waals surface area contributed by atoms with E-state index in [-0.39, 0.29) is 0 Å². The molecule has 0 radical (unpaired) electrons. The molecule has 1 N–H and O–H groups in total. The van der Waals surface area contributed by atoms with Gasteiger partial charge in [-0.3, -0.25) is 4.90 Å². The normalized spacial score (nSPS) is 21.9. The van der Waals surface area contributed by atoms with Gasteiger partial charge >= 0.3 is 0 Å². The molecule has 22 heavy (non-hydrogen) atoms. The van der Waals surface area contributed by atoms with Crippen LogP contribution in [0.4, 0.5) is 0 Å². The van der Waals surface area contributed by atoms with E-state index >= 15 is 0 Å². The molecule has 0 fully saturated rings. The van der Waals surface area contributed by atoms with Crippen molar-refractivity contribution >= 4 is 10.9 Å². The second kappa shape index (κ2) is 4.97. The van der Waals surface area contributed by atoms with Gasteiger partial charge in [-0.1, -0.05) is 36.4 Å². The summed E-state index contributed by atoms with van der Waals surface area (Å²) in [5.41, 5.74) is 4.55. The molecule has 3 heteroatoms. The quantitative estimate of drug-likeness (QED) is 0.783. The minimum absolute atomic E-state index is 0.414. The van der Waals surface area contributed by atoms with Crippen molar-refractivity contribution in [2.75, 3.05) is 20.7 Å². The van der Waals surface area contributed by atoms with Crippen molar-refractivity contribution in [1.82, 2.24) is 9.88 Å². The van der Waals surface area contributed by atoms with Crippen LogP contribution in [0.15, 0.2) is 54.7 Å². The molecule has 0 amide bonds. The van der Waals surface area contributed by atoms with Gasteiger partial charge in [0.25, 0.3) is 0 Å². The monoisotopic (exact) mass is 292 g/mol. The zero-order valence-electron chi connectivity index (χ0n) is 13.0. The van der Waals surface area contributed by atoms with Crippen LogP contribution in [0.2, 0.25) is 0 Å². The van der Waals surface area contributed by atoms with Crippen molar-refractivity contribution in [3.8, 4) is 0 Å². The van der Waals surface area contributed by atoms with Crippen LogP contribution in [0.3, 0.4) is 0 Å². The molecule has 112 valence electrons.